The maximum absolute atomic E-state index is 14.0. The van der Waals surface area contributed by atoms with Crippen molar-refractivity contribution in [3.63, 3.8) is 0 Å². The van der Waals surface area contributed by atoms with Crippen LogP contribution in [0.4, 0.5) is 8.78 Å². The fourth-order valence-electron chi connectivity index (χ4n) is 8.11. The molecule has 1 aromatic carbocycles. The Morgan fingerprint density at radius 2 is 1.74 bits per heavy atom. The summed E-state index contributed by atoms with van der Waals surface area (Å²) in [6.45, 7) is 4.93. The Morgan fingerprint density at radius 3 is 2.32 bits per heavy atom. The molecule has 5 rings (SSSR count). The van der Waals surface area contributed by atoms with Crippen LogP contribution in [0, 0.1) is 41.4 Å². The van der Waals surface area contributed by atoms with Crippen molar-refractivity contribution >= 4 is 11.9 Å². The molecule has 0 radical (unpaired) electrons. The van der Waals surface area contributed by atoms with Crippen LogP contribution in [0.2, 0.25) is 0 Å². The first kappa shape index (κ1) is 23.6. The molecule has 4 bridgehead atoms. The van der Waals surface area contributed by atoms with Crippen molar-refractivity contribution in [3.05, 3.63) is 29.8 Å². The lowest BCUT2D eigenvalue weighted by atomic mass is 9.65. The van der Waals surface area contributed by atoms with Crippen molar-refractivity contribution in [2.24, 2.45) is 41.4 Å². The number of benzene rings is 1. The standard InChI is InChI=1S/C27H34F2O5/c1-4-26(13-18-12-20(26)22-17-6-5-16(11-17)21(18)22)34-19-9-7-15(8-10-19)24(30)33-23(14(2)3)27(28,29)25(31)32/h7-10,14,16-18,20-23H,4-6,11-13H2,1-3H3,(H,31,32)/p-1. The zero-order valence-electron chi connectivity index (χ0n) is 20.0. The topological polar surface area (TPSA) is 75.7 Å². The predicted molar refractivity (Wildman–Crippen MR) is 118 cm³/mol. The number of carbonyl (C=O) groups is 2. The van der Waals surface area contributed by atoms with Crippen LogP contribution in [0.5, 0.6) is 5.75 Å². The molecule has 0 saturated heterocycles. The third-order valence-corrected chi connectivity index (χ3v) is 9.37. The summed E-state index contributed by atoms with van der Waals surface area (Å²) in [4.78, 5) is 23.3. The third kappa shape index (κ3) is 3.53. The molecular formula is C27H33F2O5-. The summed E-state index contributed by atoms with van der Waals surface area (Å²) in [5.41, 5.74) is -0.115. The molecule has 0 N–H and O–H groups in total. The number of carboxylic acids is 1. The Hall–Kier alpha value is -2.18. The number of hydrogen-bond donors (Lipinski definition) is 0. The van der Waals surface area contributed by atoms with Crippen LogP contribution in [-0.2, 0) is 9.53 Å². The van der Waals surface area contributed by atoms with E-state index in [9.17, 15) is 23.5 Å². The number of esters is 1. The van der Waals surface area contributed by atoms with E-state index in [4.69, 9.17) is 9.47 Å². The number of aliphatic carboxylic acids is 1. The second kappa shape index (κ2) is 8.20. The maximum atomic E-state index is 14.0. The van der Waals surface area contributed by atoms with Gasteiger partial charge < -0.3 is 19.4 Å². The number of carboxylic acid groups (broad SMARTS) is 1. The monoisotopic (exact) mass is 475 g/mol. The van der Waals surface area contributed by atoms with Gasteiger partial charge in [0.25, 0.3) is 0 Å². The van der Waals surface area contributed by atoms with Gasteiger partial charge in [0.2, 0.25) is 0 Å². The molecular weight excluding hydrogens is 442 g/mol. The van der Waals surface area contributed by atoms with Crippen molar-refractivity contribution in [1.29, 1.82) is 0 Å². The molecule has 4 fully saturated rings. The largest absolute Gasteiger partial charge is 0.544 e. The lowest BCUT2D eigenvalue weighted by Crippen LogP contribution is -2.53. The van der Waals surface area contributed by atoms with Crippen molar-refractivity contribution in [1.82, 2.24) is 0 Å². The molecule has 8 atom stereocenters. The van der Waals surface area contributed by atoms with E-state index in [2.05, 4.69) is 6.92 Å². The maximum Gasteiger partial charge on any atom is 0.338 e. The molecule has 0 heterocycles. The lowest BCUT2D eigenvalue weighted by Gasteiger charge is -2.46. The molecule has 0 amide bonds. The van der Waals surface area contributed by atoms with Gasteiger partial charge in [0.05, 0.1) is 5.56 Å². The van der Waals surface area contributed by atoms with Crippen molar-refractivity contribution < 1.29 is 33.0 Å². The van der Waals surface area contributed by atoms with Gasteiger partial charge in [-0.1, -0.05) is 20.8 Å². The minimum Gasteiger partial charge on any atom is -0.544 e. The Balaban J connectivity index is 1.28. The smallest absolute Gasteiger partial charge is 0.338 e. The number of carbonyl (C=O) groups excluding carboxylic acids is 2. The van der Waals surface area contributed by atoms with Gasteiger partial charge in [-0.05, 0) is 98.3 Å². The highest BCUT2D eigenvalue weighted by Gasteiger charge is 2.67. The summed E-state index contributed by atoms with van der Waals surface area (Å²) in [6.07, 6.45) is 5.31. The van der Waals surface area contributed by atoms with E-state index in [-0.39, 0.29) is 11.2 Å². The third-order valence-electron chi connectivity index (χ3n) is 9.37. The zero-order chi connectivity index (χ0) is 24.4. The van der Waals surface area contributed by atoms with Crippen molar-refractivity contribution in [2.75, 3.05) is 0 Å². The van der Waals surface area contributed by atoms with Gasteiger partial charge >= 0.3 is 11.9 Å². The summed E-state index contributed by atoms with van der Waals surface area (Å²) in [5.74, 6) is -3.32. The molecule has 0 aliphatic heterocycles. The number of ether oxygens (including phenoxy) is 2. The van der Waals surface area contributed by atoms with Crippen molar-refractivity contribution in [2.45, 2.75) is 76.9 Å². The molecule has 4 aliphatic carbocycles. The molecule has 7 heteroatoms. The van der Waals surface area contributed by atoms with E-state index in [1.807, 2.05) is 0 Å². The Kier molecular flexibility index (Phi) is 5.68. The van der Waals surface area contributed by atoms with Crippen LogP contribution in [0.1, 0.15) is 69.7 Å². The zero-order valence-corrected chi connectivity index (χ0v) is 20.0. The molecule has 0 spiro atoms. The van der Waals surface area contributed by atoms with E-state index in [1.165, 1.54) is 51.7 Å². The summed E-state index contributed by atoms with van der Waals surface area (Å²) < 4.78 is 39.5. The summed E-state index contributed by atoms with van der Waals surface area (Å²) in [7, 11) is 0. The van der Waals surface area contributed by atoms with Crippen molar-refractivity contribution in [3.8, 4) is 5.75 Å². The molecule has 4 aliphatic rings. The fraction of sp³-hybridized carbons (Fsp3) is 0.704. The van der Waals surface area contributed by atoms with E-state index < -0.39 is 29.9 Å². The molecule has 34 heavy (non-hydrogen) atoms. The number of rotatable bonds is 8. The minimum absolute atomic E-state index is 0.0683. The average Bonchev–Trinajstić information content (AvgIpc) is 3.56. The van der Waals surface area contributed by atoms with Gasteiger partial charge in [-0.2, -0.15) is 8.78 Å². The lowest BCUT2D eigenvalue weighted by molar-refractivity contribution is -0.337. The fourth-order valence-corrected chi connectivity index (χ4v) is 8.11. The summed E-state index contributed by atoms with van der Waals surface area (Å²) >= 11 is 0. The molecule has 4 saturated carbocycles. The highest BCUT2D eigenvalue weighted by molar-refractivity contribution is 5.90. The van der Waals surface area contributed by atoms with Gasteiger partial charge in [0, 0.05) is 5.92 Å². The van der Waals surface area contributed by atoms with Gasteiger partial charge in [0.15, 0.2) is 6.10 Å². The first-order chi connectivity index (χ1) is 16.1. The molecule has 186 valence electrons. The van der Waals surface area contributed by atoms with Gasteiger partial charge in [0.1, 0.15) is 17.3 Å². The number of halogens is 2. The van der Waals surface area contributed by atoms with Crippen LogP contribution in [0.3, 0.4) is 0 Å². The molecule has 0 aromatic heterocycles. The first-order valence-corrected chi connectivity index (χ1v) is 12.7. The summed E-state index contributed by atoms with van der Waals surface area (Å²) in [5, 5.41) is 10.8. The SMILES string of the molecule is CCC1(Oc2ccc(C(=O)OC(C(C)C)C(F)(F)C(=O)[O-])cc2)CC2CC1C1C3CCC(C3)C21. The second-order valence-electron chi connectivity index (χ2n) is 11.3. The average molecular weight is 476 g/mol. The number of hydrogen-bond acceptors (Lipinski definition) is 5. The van der Waals surface area contributed by atoms with E-state index in [0.29, 0.717) is 11.7 Å². The van der Waals surface area contributed by atoms with Crippen LogP contribution < -0.4 is 9.84 Å². The van der Waals surface area contributed by atoms with Crippen LogP contribution >= 0.6 is 0 Å². The quantitative estimate of drug-likeness (QED) is 0.409. The highest BCUT2D eigenvalue weighted by Crippen LogP contribution is 2.70. The number of alkyl halides is 2. The molecule has 5 nitrogen and oxygen atoms in total. The minimum atomic E-state index is -4.28. The number of fused-ring (bicyclic) bond motifs is 9. The first-order valence-electron chi connectivity index (χ1n) is 12.7. The van der Waals surface area contributed by atoms with Gasteiger partial charge in [-0.25, -0.2) is 4.79 Å². The summed E-state index contributed by atoms with van der Waals surface area (Å²) in [6, 6.07) is 6.34. The van der Waals surface area contributed by atoms with E-state index in [0.717, 1.165) is 42.4 Å². The van der Waals surface area contributed by atoms with Gasteiger partial charge in [-0.15, -0.1) is 0 Å². The Labute approximate surface area is 199 Å². The Morgan fingerprint density at radius 1 is 1.09 bits per heavy atom. The van der Waals surface area contributed by atoms with Crippen LogP contribution in [0.15, 0.2) is 24.3 Å². The molecule has 1 aromatic rings. The van der Waals surface area contributed by atoms with Gasteiger partial charge in [-0.3, -0.25) is 0 Å². The Bertz CT molecular complexity index is 960. The molecule has 8 unspecified atom stereocenters. The second-order valence-corrected chi connectivity index (χ2v) is 11.3. The predicted octanol–water partition coefficient (Wildman–Crippen LogP) is 4.48. The normalized spacial score (nSPS) is 36.5. The highest BCUT2D eigenvalue weighted by atomic mass is 19.3. The van der Waals surface area contributed by atoms with Crippen LogP contribution in [0.25, 0.3) is 0 Å². The van der Waals surface area contributed by atoms with E-state index in [1.54, 1.807) is 12.1 Å². The van der Waals surface area contributed by atoms with E-state index >= 15 is 0 Å². The van der Waals surface area contributed by atoms with Crippen LogP contribution in [-0.4, -0.2) is 29.6 Å².